The van der Waals surface area contributed by atoms with Gasteiger partial charge in [-0.05, 0) is 18.8 Å². The van der Waals surface area contributed by atoms with Gasteiger partial charge in [-0.3, -0.25) is 0 Å². The Bertz CT molecular complexity index is 449. The molecule has 1 heterocycles. The van der Waals surface area contributed by atoms with Gasteiger partial charge >= 0.3 is 6.18 Å². The second-order valence-corrected chi connectivity index (χ2v) is 5.48. The molecule has 1 aromatic heterocycles. The maximum Gasteiger partial charge on any atom is 0.411 e. The minimum absolute atomic E-state index is 0.0901. The van der Waals surface area contributed by atoms with Crippen LogP contribution in [0.15, 0.2) is 4.52 Å². The molecule has 0 amide bonds. The van der Waals surface area contributed by atoms with E-state index < -0.39 is 18.3 Å². The summed E-state index contributed by atoms with van der Waals surface area (Å²) in [6.07, 6.45) is -0.810. The first-order valence-electron chi connectivity index (χ1n) is 6.55. The summed E-state index contributed by atoms with van der Waals surface area (Å²) in [7, 11) is 0. The van der Waals surface area contributed by atoms with E-state index in [-0.39, 0.29) is 18.3 Å². The molecule has 2 unspecified atom stereocenters. The molecule has 0 radical (unpaired) electrons. The Kier molecular flexibility index (Phi) is 4.33. The lowest BCUT2D eigenvalue weighted by atomic mass is 9.77. The quantitative estimate of drug-likeness (QED) is 0.923. The number of hydrogen-bond acceptors (Lipinski definition) is 5. The maximum absolute atomic E-state index is 11.9. The molecule has 2 rings (SSSR count). The third kappa shape index (κ3) is 3.92. The first-order chi connectivity index (χ1) is 9.28. The van der Waals surface area contributed by atoms with Crippen LogP contribution in [0.4, 0.5) is 13.2 Å². The van der Waals surface area contributed by atoms with Gasteiger partial charge in [0.2, 0.25) is 5.89 Å². The van der Waals surface area contributed by atoms with Crippen LogP contribution >= 0.6 is 0 Å². The first kappa shape index (κ1) is 15.2. The summed E-state index contributed by atoms with van der Waals surface area (Å²) >= 11 is 0. The molecule has 1 aliphatic carbocycles. The van der Waals surface area contributed by atoms with Crippen LogP contribution in [0.1, 0.15) is 44.3 Å². The van der Waals surface area contributed by atoms with E-state index in [1.165, 1.54) is 0 Å². The molecule has 2 N–H and O–H groups in total. The van der Waals surface area contributed by atoms with E-state index in [1.54, 1.807) is 0 Å². The molecule has 0 aromatic carbocycles. The van der Waals surface area contributed by atoms with Gasteiger partial charge in [-0.15, -0.1) is 0 Å². The van der Waals surface area contributed by atoms with Crippen molar-refractivity contribution in [3.8, 4) is 0 Å². The summed E-state index contributed by atoms with van der Waals surface area (Å²) in [5.74, 6) is 0.840. The lowest BCUT2D eigenvalue weighted by Gasteiger charge is -2.33. The van der Waals surface area contributed by atoms with Crippen molar-refractivity contribution < 1.29 is 22.4 Å². The topological polar surface area (TPSA) is 74.2 Å². The van der Waals surface area contributed by atoms with Crippen LogP contribution in [0.25, 0.3) is 0 Å². The highest BCUT2D eigenvalue weighted by Crippen LogP contribution is 2.36. The highest BCUT2D eigenvalue weighted by atomic mass is 19.4. The average molecular weight is 293 g/mol. The molecule has 0 spiro atoms. The van der Waals surface area contributed by atoms with Gasteiger partial charge in [0.25, 0.3) is 0 Å². The van der Waals surface area contributed by atoms with E-state index in [4.69, 9.17) is 10.3 Å². The van der Waals surface area contributed by atoms with Crippen molar-refractivity contribution in [1.82, 2.24) is 10.1 Å². The highest BCUT2D eigenvalue weighted by molar-refractivity contribution is 5.04. The fraction of sp³-hybridized carbons (Fsp3) is 0.833. The van der Waals surface area contributed by atoms with Gasteiger partial charge in [0.05, 0.1) is 5.54 Å². The lowest BCUT2D eigenvalue weighted by Crippen LogP contribution is -2.41. The zero-order valence-electron chi connectivity index (χ0n) is 11.2. The maximum atomic E-state index is 11.9. The zero-order valence-corrected chi connectivity index (χ0v) is 11.2. The third-order valence-corrected chi connectivity index (χ3v) is 3.42. The minimum atomic E-state index is -4.36. The molecule has 1 aromatic rings. The smallest absolute Gasteiger partial charge is 0.364 e. The van der Waals surface area contributed by atoms with E-state index >= 15 is 0 Å². The fourth-order valence-corrected chi connectivity index (χ4v) is 2.56. The van der Waals surface area contributed by atoms with Gasteiger partial charge < -0.3 is 15.0 Å². The monoisotopic (exact) mass is 293 g/mol. The Balaban J connectivity index is 1.94. The molecule has 0 saturated heterocycles. The van der Waals surface area contributed by atoms with E-state index in [9.17, 15) is 13.2 Å². The molecule has 114 valence electrons. The van der Waals surface area contributed by atoms with Crippen molar-refractivity contribution >= 4 is 0 Å². The molecule has 1 saturated carbocycles. The summed E-state index contributed by atoms with van der Waals surface area (Å²) < 4.78 is 45.4. The van der Waals surface area contributed by atoms with Gasteiger partial charge in [-0.25, -0.2) is 0 Å². The Morgan fingerprint density at radius 2 is 2.25 bits per heavy atom. The normalized spacial score (nSPS) is 27.8. The second-order valence-electron chi connectivity index (χ2n) is 5.48. The molecule has 0 bridgehead atoms. The summed E-state index contributed by atoms with van der Waals surface area (Å²) in [5, 5.41) is 3.62. The van der Waals surface area contributed by atoms with Gasteiger partial charge in [-0.2, -0.15) is 18.2 Å². The highest BCUT2D eigenvalue weighted by Gasteiger charge is 2.38. The molecule has 2 atom stereocenters. The van der Waals surface area contributed by atoms with Crippen molar-refractivity contribution in [2.75, 3.05) is 6.61 Å². The number of rotatable bonds is 4. The largest absolute Gasteiger partial charge is 0.411 e. The fourth-order valence-electron chi connectivity index (χ4n) is 2.56. The van der Waals surface area contributed by atoms with Crippen molar-refractivity contribution in [1.29, 1.82) is 0 Å². The number of ether oxygens (including phenoxy) is 1. The van der Waals surface area contributed by atoms with Crippen molar-refractivity contribution in [2.24, 2.45) is 11.7 Å². The molecule has 1 aliphatic rings. The van der Waals surface area contributed by atoms with Gasteiger partial charge in [0.1, 0.15) is 13.2 Å². The summed E-state index contributed by atoms with van der Waals surface area (Å²) in [5.41, 5.74) is 5.59. The minimum Gasteiger partial charge on any atom is -0.364 e. The van der Waals surface area contributed by atoms with Crippen LogP contribution in [0.3, 0.4) is 0 Å². The number of nitrogens with zero attached hydrogens (tertiary/aromatic N) is 2. The standard InChI is InChI=1S/C12H18F3N3O2/c1-8-3-2-4-11(16,5-8)10-17-9(18-20-10)6-19-7-12(13,14)15/h8H,2-7,16H2,1H3. The Hall–Kier alpha value is -1.15. The Morgan fingerprint density at radius 1 is 1.50 bits per heavy atom. The first-order valence-corrected chi connectivity index (χ1v) is 6.55. The third-order valence-electron chi connectivity index (χ3n) is 3.42. The predicted octanol–water partition coefficient (Wildman–Crippen LogP) is 2.51. The number of alkyl halides is 3. The molecule has 0 aliphatic heterocycles. The predicted molar refractivity (Wildman–Crippen MR) is 63.5 cm³/mol. The average Bonchev–Trinajstić information content (AvgIpc) is 2.76. The van der Waals surface area contributed by atoms with Crippen molar-refractivity contribution in [2.45, 2.75) is 50.9 Å². The molecule has 8 heteroatoms. The van der Waals surface area contributed by atoms with Gasteiger partial charge in [-0.1, -0.05) is 24.9 Å². The SMILES string of the molecule is CC1CCCC(N)(c2nc(COCC(F)(F)F)no2)C1. The van der Waals surface area contributed by atoms with Crippen LogP contribution in [0.2, 0.25) is 0 Å². The Labute approximate surface area is 114 Å². The summed E-state index contributed by atoms with van der Waals surface area (Å²) in [6, 6.07) is 0. The number of nitrogens with two attached hydrogens (primary N) is 1. The van der Waals surface area contributed by atoms with Crippen LogP contribution in [-0.4, -0.2) is 22.9 Å². The van der Waals surface area contributed by atoms with Crippen molar-refractivity contribution in [3.05, 3.63) is 11.7 Å². The molecule has 5 nitrogen and oxygen atoms in total. The van der Waals surface area contributed by atoms with Crippen LogP contribution in [0.5, 0.6) is 0 Å². The summed E-state index contributed by atoms with van der Waals surface area (Å²) in [4.78, 5) is 4.06. The van der Waals surface area contributed by atoms with Gasteiger partial charge in [0, 0.05) is 0 Å². The molecule has 1 fully saturated rings. The molecule has 20 heavy (non-hydrogen) atoms. The Morgan fingerprint density at radius 3 is 2.90 bits per heavy atom. The van der Waals surface area contributed by atoms with Crippen LogP contribution in [0, 0.1) is 5.92 Å². The number of halogens is 3. The summed E-state index contributed by atoms with van der Waals surface area (Å²) in [6.45, 7) is 0.431. The second kappa shape index (κ2) is 5.69. The van der Waals surface area contributed by atoms with E-state index in [0.717, 1.165) is 25.7 Å². The molecular weight excluding hydrogens is 275 g/mol. The number of hydrogen-bond donors (Lipinski definition) is 1. The van der Waals surface area contributed by atoms with E-state index in [0.29, 0.717) is 5.92 Å². The van der Waals surface area contributed by atoms with E-state index in [1.807, 2.05) is 0 Å². The van der Waals surface area contributed by atoms with Crippen LogP contribution in [-0.2, 0) is 16.9 Å². The van der Waals surface area contributed by atoms with Crippen LogP contribution < -0.4 is 5.73 Å². The van der Waals surface area contributed by atoms with E-state index in [2.05, 4.69) is 21.8 Å². The lowest BCUT2D eigenvalue weighted by molar-refractivity contribution is -0.177. The zero-order chi connectivity index (χ0) is 14.8. The number of aromatic nitrogens is 2. The van der Waals surface area contributed by atoms with Crippen molar-refractivity contribution in [3.63, 3.8) is 0 Å². The van der Waals surface area contributed by atoms with Gasteiger partial charge in [0.15, 0.2) is 5.82 Å². The molecular formula is C12H18F3N3O2.